The molecule has 1 aromatic rings. The standard InChI is InChI=1S/C6H8N4/c1-2-3-4-5-6-7-9-10-8-6/h2,4-5H,1,3H2,(H,7,8,9,10). The van der Waals surface area contributed by atoms with Crippen molar-refractivity contribution in [2.45, 2.75) is 6.42 Å². The summed E-state index contributed by atoms with van der Waals surface area (Å²) >= 11 is 0. The predicted molar refractivity (Wildman–Crippen MR) is 38.0 cm³/mol. The highest BCUT2D eigenvalue weighted by atomic mass is 15.5. The molecule has 0 atom stereocenters. The van der Waals surface area contributed by atoms with Gasteiger partial charge in [0.15, 0.2) is 5.82 Å². The number of nitrogens with one attached hydrogen (secondary N) is 1. The number of hydrogen-bond donors (Lipinski definition) is 1. The minimum atomic E-state index is 0.599. The predicted octanol–water partition coefficient (Wildman–Crippen LogP) is 0.789. The van der Waals surface area contributed by atoms with E-state index in [9.17, 15) is 0 Å². The van der Waals surface area contributed by atoms with Crippen LogP contribution in [0.2, 0.25) is 0 Å². The third-order valence-corrected chi connectivity index (χ3v) is 0.931. The molecule has 0 aliphatic heterocycles. The van der Waals surface area contributed by atoms with E-state index >= 15 is 0 Å². The Kier molecular flexibility index (Phi) is 2.37. The minimum Gasteiger partial charge on any atom is -0.177 e. The summed E-state index contributed by atoms with van der Waals surface area (Å²) in [6.07, 6.45) is 6.33. The highest BCUT2D eigenvalue weighted by molar-refractivity contribution is 5.37. The Hall–Kier alpha value is -1.45. The van der Waals surface area contributed by atoms with E-state index in [0.29, 0.717) is 5.82 Å². The smallest absolute Gasteiger partial charge is 0.177 e. The summed E-state index contributed by atoms with van der Waals surface area (Å²) in [5.74, 6) is 0.599. The lowest BCUT2D eigenvalue weighted by Crippen LogP contribution is -1.73. The van der Waals surface area contributed by atoms with Crippen LogP contribution in [0.15, 0.2) is 18.7 Å². The Labute approximate surface area is 58.7 Å². The SMILES string of the molecule is C=CCC=Cc1nn[nH]n1. The van der Waals surface area contributed by atoms with Crippen molar-refractivity contribution < 1.29 is 0 Å². The lowest BCUT2D eigenvalue weighted by molar-refractivity contribution is 0.881. The van der Waals surface area contributed by atoms with Crippen LogP contribution in [0, 0.1) is 0 Å². The molecule has 1 rings (SSSR count). The van der Waals surface area contributed by atoms with Crippen LogP contribution in [-0.2, 0) is 0 Å². The third-order valence-electron chi connectivity index (χ3n) is 0.931. The molecule has 1 heterocycles. The second kappa shape index (κ2) is 3.55. The Balaban J connectivity index is 2.47. The first-order valence-electron chi connectivity index (χ1n) is 2.94. The number of rotatable bonds is 3. The van der Waals surface area contributed by atoms with E-state index < -0.39 is 0 Å². The number of hydrogen-bond acceptors (Lipinski definition) is 3. The molecule has 0 saturated carbocycles. The van der Waals surface area contributed by atoms with Crippen LogP contribution in [0.1, 0.15) is 12.2 Å². The quantitative estimate of drug-likeness (QED) is 0.625. The molecule has 0 aromatic carbocycles. The van der Waals surface area contributed by atoms with Crippen molar-refractivity contribution in [3.8, 4) is 0 Å². The topological polar surface area (TPSA) is 54.5 Å². The summed E-state index contributed by atoms with van der Waals surface area (Å²) in [4.78, 5) is 0. The third kappa shape index (κ3) is 1.81. The van der Waals surface area contributed by atoms with Crippen molar-refractivity contribution in [3.63, 3.8) is 0 Å². The Morgan fingerprint density at radius 3 is 3.10 bits per heavy atom. The van der Waals surface area contributed by atoms with E-state index in [2.05, 4.69) is 27.2 Å². The number of tetrazole rings is 1. The van der Waals surface area contributed by atoms with E-state index in [0.717, 1.165) is 6.42 Å². The number of aromatic nitrogens is 4. The van der Waals surface area contributed by atoms with Crippen molar-refractivity contribution in [2.75, 3.05) is 0 Å². The molecule has 0 saturated heterocycles. The lowest BCUT2D eigenvalue weighted by Gasteiger charge is -1.76. The largest absolute Gasteiger partial charge is 0.197 e. The molecule has 1 N–H and O–H groups in total. The second-order valence-electron chi connectivity index (χ2n) is 1.70. The van der Waals surface area contributed by atoms with E-state index in [1.54, 1.807) is 12.2 Å². The van der Waals surface area contributed by atoms with Gasteiger partial charge in [0.25, 0.3) is 0 Å². The van der Waals surface area contributed by atoms with Crippen molar-refractivity contribution in [1.82, 2.24) is 20.6 Å². The summed E-state index contributed by atoms with van der Waals surface area (Å²) in [6, 6.07) is 0. The molecular weight excluding hydrogens is 128 g/mol. The van der Waals surface area contributed by atoms with Gasteiger partial charge in [-0.1, -0.05) is 12.2 Å². The normalized spacial score (nSPS) is 10.4. The van der Waals surface area contributed by atoms with Gasteiger partial charge in [0.1, 0.15) is 0 Å². The number of aromatic amines is 1. The average Bonchev–Trinajstić information content (AvgIpc) is 2.41. The first-order valence-corrected chi connectivity index (χ1v) is 2.94. The molecule has 0 aliphatic carbocycles. The van der Waals surface area contributed by atoms with Gasteiger partial charge in [0.2, 0.25) is 0 Å². The van der Waals surface area contributed by atoms with Gasteiger partial charge < -0.3 is 0 Å². The zero-order chi connectivity index (χ0) is 7.23. The van der Waals surface area contributed by atoms with Crippen LogP contribution >= 0.6 is 0 Å². The van der Waals surface area contributed by atoms with Crippen molar-refractivity contribution in [1.29, 1.82) is 0 Å². The minimum absolute atomic E-state index is 0.599. The molecule has 0 bridgehead atoms. The van der Waals surface area contributed by atoms with Crippen LogP contribution < -0.4 is 0 Å². The molecule has 4 heteroatoms. The molecule has 0 radical (unpaired) electrons. The van der Waals surface area contributed by atoms with Gasteiger partial charge >= 0.3 is 0 Å². The van der Waals surface area contributed by atoms with Gasteiger partial charge in [-0.3, -0.25) is 0 Å². The molecule has 0 spiro atoms. The monoisotopic (exact) mass is 136 g/mol. The van der Waals surface area contributed by atoms with Gasteiger partial charge in [0, 0.05) is 0 Å². The molecule has 4 nitrogen and oxygen atoms in total. The summed E-state index contributed by atoms with van der Waals surface area (Å²) in [7, 11) is 0. The highest BCUT2D eigenvalue weighted by Gasteiger charge is 1.86. The average molecular weight is 136 g/mol. The Morgan fingerprint density at radius 2 is 2.50 bits per heavy atom. The summed E-state index contributed by atoms with van der Waals surface area (Å²) in [5.41, 5.74) is 0. The summed E-state index contributed by atoms with van der Waals surface area (Å²) in [5, 5.41) is 13.2. The van der Waals surface area contributed by atoms with E-state index in [1.165, 1.54) is 0 Å². The van der Waals surface area contributed by atoms with Crippen LogP contribution in [0.4, 0.5) is 0 Å². The molecule has 0 aliphatic rings. The fraction of sp³-hybridized carbons (Fsp3) is 0.167. The first kappa shape index (κ1) is 6.67. The van der Waals surface area contributed by atoms with Crippen molar-refractivity contribution >= 4 is 6.08 Å². The highest BCUT2D eigenvalue weighted by Crippen LogP contribution is 1.90. The van der Waals surface area contributed by atoms with Crippen molar-refractivity contribution in [3.05, 3.63) is 24.6 Å². The molecule has 0 unspecified atom stereocenters. The Morgan fingerprint density at radius 1 is 1.60 bits per heavy atom. The van der Waals surface area contributed by atoms with Gasteiger partial charge in [-0.15, -0.1) is 16.8 Å². The van der Waals surface area contributed by atoms with Gasteiger partial charge in [-0.05, 0) is 17.7 Å². The molecule has 10 heavy (non-hydrogen) atoms. The van der Waals surface area contributed by atoms with Crippen LogP contribution in [0.3, 0.4) is 0 Å². The zero-order valence-corrected chi connectivity index (χ0v) is 5.49. The molecular formula is C6H8N4. The fourth-order valence-corrected chi connectivity index (χ4v) is 0.510. The maximum absolute atomic E-state index is 3.72. The van der Waals surface area contributed by atoms with Crippen LogP contribution in [0.25, 0.3) is 6.08 Å². The second-order valence-corrected chi connectivity index (χ2v) is 1.70. The molecule has 52 valence electrons. The molecule has 0 amide bonds. The Bertz CT molecular complexity index is 212. The summed E-state index contributed by atoms with van der Waals surface area (Å²) < 4.78 is 0. The number of allylic oxidation sites excluding steroid dienone is 2. The zero-order valence-electron chi connectivity index (χ0n) is 5.49. The first-order chi connectivity index (χ1) is 4.93. The van der Waals surface area contributed by atoms with E-state index in [4.69, 9.17) is 0 Å². The number of nitrogens with zero attached hydrogens (tertiary/aromatic N) is 3. The molecule has 1 aromatic heterocycles. The molecule has 0 fully saturated rings. The van der Waals surface area contributed by atoms with E-state index in [-0.39, 0.29) is 0 Å². The van der Waals surface area contributed by atoms with Gasteiger partial charge in [-0.2, -0.15) is 5.21 Å². The fourth-order valence-electron chi connectivity index (χ4n) is 0.510. The van der Waals surface area contributed by atoms with Crippen molar-refractivity contribution in [2.24, 2.45) is 0 Å². The maximum atomic E-state index is 3.72. The van der Waals surface area contributed by atoms with Crippen LogP contribution in [-0.4, -0.2) is 20.6 Å². The number of H-pyrrole nitrogens is 1. The summed E-state index contributed by atoms with van der Waals surface area (Å²) in [6.45, 7) is 3.56. The van der Waals surface area contributed by atoms with E-state index in [1.807, 2.05) is 6.08 Å². The van der Waals surface area contributed by atoms with Gasteiger partial charge in [0.05, 0.1) is 0 Å². The van der Waals surface area contributed by atoms with Gasteiger partial charge in [-0.25, -0.2) is 0 Å². The van der Waals surface area contributed by atoms with Crippen LogP contribution in [0.5, 0.6) is 0 Å². The maximum Gasteiger partial charge on any atom is 0.197 e. The lowest BCUT2D eigenvalue weighted by atomic mass is 10.4.